The maximum Gasteiger partial charge on any atom is 0.335 e. The van der Waals surface area contributed by atoms with Gasteiger partial charge in [-0.25, -0.2) is 4.79 Å². The minimum Gasteiger partial charge on any atom is -0.497 e. The Balaban J connectivity index is 2.75. The van der Waals surface area contributed by atoms with Crippen LogP contribution in [0.15, 0.2) is 29.3 Å². The lowest BCUT2D eigenvalue weighted by atomic mass is 10.1. The Kier molecular flexibility index (Phi) is 7.40. The Morgan fingerprint density at radius 1 is 1.25 bits per heavy atom. The van der Waals surface area contributed by atoms with E-state index < -0.39 is 6.04 Å². The molecule has 4 heteroatoms. The molecule has 0 bridgehead atoms. The van der Waals surface area contributed by atoms with Gasteiger partial charge < -0.3 is 9.47 Å². The van der Waals surface area contributed by atoms with Crippen LogP contribution in [0.2, 0.25) is 0 Å². The van der Waals surface area contributed by atoms with Crippen LogP contribution in [0, 0.1) is 0 Å². The normalized spacial score (nSPS) is 12.3. The molecule has 0 N–H and O–H groups in total. The lowest BCUT2D eigenvalue weighted by Gasteiger charge is -2.11. The Bertz CT molecular complexity index is 426. The molecule has 0 aliphatic carbocycles. The van der Waals surface area contributed by atoms with Crippen molar-refractivity contribution in [3.63, 3.8) is 0 Å². The number of hydrogen-bond acceptors (Lipinski definition) is 4. The standard InChI is InChI=1S/C16H23NO3/c1-4-5-6-7-12-17-15(16(18)20-3)13-8-10-14(19-2)11-9-13/h8-12,15H,4-7H2,1-3H3. The first-order valence-corrected chi connectivity index (χ1v) is 6.96. The van der Waals surface area contributed by atoms with Crippen LogP contribution in [0.1, 0.15) is 44.2 Å². The fourth-order valence-electron chi connectivity index (χ4n) is 1.85. The van der Waals surface area contributed by atoms with Gasteiger partial charge in [0.25, 0.3) is 0 Å². The molecule has 0 saturated heterocycles. The second kappa shape index (κ2) is 9.13. The van der Waals surface area contributed by atoms with E-state index in [1.807, 2.05) is 30.5 Å². The predicted molar refractivity (Wildman–Crippen MR) is 80.4 cm³/mol. The summed E-state index contributed by atoms with van der Waals surface area (Å²) in [4.78, 5) is 16.2. The zero-order valence-corrected chi connectivity index (χ0v) is 12.5. The van der Waals surface area contributed by atoms with Crippen molar-refractivity contribution in [1.29, 1.82) is 0 Å². The van der Waals surface area contributed by atoms with Crippen LogP contribution < -0.4 is 4.74 Å². The molecule has 110 valence electrons. The average molecular weight is 277 g/mol. The zero-order chi connectivity index (χ0) is 14.8. The molecule has 0 spiro atoms. The summed E-state index contributed by atoms with van der Waals surface area (Å²) in [6, 6.07) is 6.72. The summed E-state index contributed by atoms with van der Waals surface area (Å²) in [5, 5.41) is 0. The summed E-state index contributed by atoms with van der Waals surface area (Å²) in [5.41, 5.74) is 0.810. The third-order valence-electron chi connectivity index (χ3n) is 3.05. The van der Waals surface area contributed by atoms with E-state index in [4.69, 9.17) is 9.47 Å². The van der Waals surface area contributed by atoms with Crippen molar-refractivity contribution < 1.29 is 14.3 Å². The van der Waals surface area contributed by atoms with Crippen molar-refractivity contribution in [3.8, 4) is 5.75 Å². The van der Waals surface area contributed by atoms with E-state index in [0.29, 0.717) is 0 Å². The van der Waals surface area contributed by atoms with Crippen LogP contribution in [-0.2, 0) is 9.53 Å². The first kappa shape index (κ1) is 16.2. The summed E-state index contributed by atoms with van der Waals surface area (Å²) in [6.07, 6.45) is 6.15. The molecule has 1 rings (SSSR count). The Hall–Kier alpha value is -1.84. The number of rotatable bonds is 8. The number of nitrogens with zero attached hydrogens (tertiary/aromatic N) is 1. The predicted octanol–water partition coefficient (Wildman–Crippen LogP) is 3.56. The van der Waals surface area contributed by atoms with E-state index in [1.165, 1.54) is 20.0 Å². The number of benzene rings is 1. The molecule has 1 aromatic carbocycles. The topological polar surface area (TPSA) is 47.9 Å². The third-order valence-corrected chi connectivity index (χ3v) is 3.05. The van der Waals surface area contributed by atoms with E-state index in [9.17, 15) is 4.79 Å². The van der Waals surface area contributed by atoms with Gasteiger partial charge in [0.1, 0.15) is 5.75 Å². The van der Waals surface area contributed by atoms with Crippen LogP contribution in [0.25, 0.3) is 0 Å². The van der Waals surface area contributed by atoms with Crippen molar-refractivity contribution in [2.45, 2.75) is 38.6 Å². The lowest BCUT2D eigenvalue weighted by Crippen LogP contribution is -2.12. The van der Waals surface area contributed by atoms with Gasteiger partial charge in [0.2, 0.25) is 0 Å². The van der Waals surface area contributed by atoms with Gasteiger partial charge in [-0.2, -0.15) is 0 Å². The quantitative estimate of drug-likeness (QED) is 0.414. The second-order valence-corrected chi connectivity index (χ2v) is 4.53. The van der Waals surface area contributed by atoms with Crippen LogP contribution in [0.5, 0.6) is 5.75 Å². The van der Waals surface area contributed by atoms with E-state index >= 15 is 0 Å². The number of ether oxygens (including phenoxy) is 2. The van der Waals surface area contributed by atoms with Gasteiger partial charge in [-0.05, 0) is 30.5 Å². The van der Waals surface area contributed by atoms with Gasteiger partial charge in [0.15, 0.2) is 6.04 Å². The van der Waals surface area contributed by atoms with Crippen LogP contribution in [0.4, 0.5) is 0 Å². The second-order valence-electron chi connectivity index (χ2n) is 4.53. The molecule has 4 nitrogen and oxygen atoms in total. The van der Waals surface area contributed by atoms with Crippen molar-refractivity contribution in [2.75, 3.05) is 14.2 Å². The molecule has 0 heterocycles. The van der Waals surface area contributed by atoms with E-state index in [0.717, 1.165) is 24.2 Å². The Labute approximate surface area is 120 Å². The molecule has 0 aliphatic rings. The highest BCUT2D eigenvalue weighted by Crippen LogP contribution is 2.21. The summed E-state index contributed by atoms with van der Waals surface area (Å²) in [7, 11) is 2.99. The zero-order valence-electron chi connectivity index (χ0n) is 12.5. The number of carbonyl (C=O) groups excluding carboxylic acids is 1. The summed E-state index contributed by atoms with van der Waals surface area (Å²) in [6.45, 7) is 2.16. The molecule has 0 aromatic heterocycles. The van der Waals surface area contributed by atoms with Gasteiger partial charge in [-0.3, -0.25) is 4.99 Å². The molecule has 0 fully saturated rings. The average Bonchev–Trinajstić information content (AvgIpc) is 2.50. The number of carbonyl (C=O) groups is 1. The van der Waals surface area contributed by atoms with Gasteiger partial charge in [-0.15, -0.1) is 0 Å². The smallest absolute Gasteiger partial charge is 0.335 e. The summed E-state index contributed by atoms with van der Waals surface area (Å²) in [5.74, 6) is 0.409. The van der Waals surface area contributed by atoms with E-state index in [2.05, 4.69) is 11.9 Å². The van der Waals surface area contributed by atoms with Gasteiger partial charge in [-0.1, -0.05) is 31.9 Å². The molecule has 20 heavy (non-hydrogen) atoms. The Morgan fingerprint density at radius 2 is 1.95 bits per heavy atom. The maximum absolute atomic E-state index is 11.8. The molecule has 0 aliphatic heterocycles. The lowest BCUT2D eigenvalue weighted by molar-refractivity contribution is -0.142. The first-order valence-electron chi connectivity index (χ1n) is 6.96. The van der Waals surface area contributed by atoms with Gasteiger partial charge in [0.05, 0.1) is 14.2 Å². The molecule has 0 radical (unpaired) electrons. The summed E-state index contributed by atoms with van der Waals surface area (Å²) >= 11 is 0. The minimum atomic E-state index is -0.590. The highest BCUT2D eigenvalue weighted by molar-refractivity contribution is 5.79. The molecular weight excluding hydrogens is 254 g/mol. The number of esters is 1. The molecule has 0 amide bonds. The number of aliphatic imine (C=N–C) groups is 1. The highest BCUT2D eigenvalue weighted by atomic mass is 16.5. The highest BCUT2D eigenvalue weighted by Gasteiger charge is 2.19. The largest absolute Gasteiger partial charge is 0.497 e. The molecule has 1 atom stereocenters. The van der Waals surface area contributed by atoms with Crippen molar-refractivity contribution in [1.82, 2.24) is 0 Å². The number of methoxy groups -OCH3 is 2. The fourth-order valence-corrected chi connectivity index (χ4v) is 1.85. The minimum absolute atomic E-state index is 0.345. The third kappa shape index (κ3) is 5.03. The van der Waals surface area contributed by atoms with Crippen molar-refractivity contribution in [3.05, 3.63) is 29.8 Å². The molecule has 1 aromatic rings. The number of unbranched alkanes of at least 4 members (excludes halogenated alkanes) is 3. The van der Waals surface area contributed by atoms with Gasteiger partial charge in [0, 0.05) is 6.21 Å². The van der Waals surface area contributed by atoms with Crippen molar-refractivity contribution in [2.24, 2.45) is 4.99 Å². The number of hydrogen-bond donors (Lipinski definition) is 0. The van der Waals surface area contributed by atoms with Crippen LogP contribution in [0.3, 0.4) is 0 Å². The van der Waals surface area contributed by atoms with E-state index in [1.54, 1.807) is 7.11 Å². The van der Waals surface area contributed by atoms with Gasteiger partial charge >= 0.3 is 5.97 Å². The van der Waals surface area contributed by atoms with Crippen molar-refractivity contribution >= 4 is 12.2 Å². The Morgan fingerprint density at radius 3 is 2.50 bits per heavy atom. The molecular formula is C16H23NO3. The van der Waals surface area contributed by atoms with Crippen LogP contribution >= 0.6 is 0 Å². The van der Waals surface area contributed by atoms with Crippen LogP contribution in [-0.4, -0.2) is 26.4 Å². The molecule has 0 saturated carbocycles. The summed E-state index contributed by atoms with van der Waals surface area (Å²) < 4.78 is 9.92. The SMILES string of the molecule is CCCCCC=NC(C(=O)OC)c1ccc(OC)cc1. The monoisotopic (exact) mass is 277 g/mol. The van der Waals surface area contributed by atoms with E-state index in [-0.39, 0.29) is 5.97 Å². The maximum atomic E-state index is 11.8. The molecule has 1 unspecified atom stereocenters. The first-order chi connectivity index (χ1) is 9.72. The fraction of sp³-hybridized carbons (Fsp3) is 0.500.